The summed E-state index contributed by atoms with van der Waals surface area (Å²) in [5, 5.41) is 0. The molecule has 0 aromatic rings. The molecule has 0 bridgehead atoms. The maximum absolute atomic E-state index is 11.2. The number of aldehydes is 1. The van der Waals surface area contributed by atoms with Crippen molar-refractivity contribution in [2.45, 2.75) is 64.5 Å². The Morgan fingerprint density at radius 2 is 2.15 bits per heavy atom. The number of allylic oxidation sites excluding steroid dienone is 2. The lowest BCUT2D eigenvalue weighted by Gasteiger charge is -2.37. The number of hydrogen-bond donors (Lipinski definition) is 0. The van der Waals surface area contributed by atoms with Crippen molar-refractivity contribution in [1.29, 1.82) is 0 Å². The van der Waals surface area contributed by atoms with Crippen LogP contribution < -0.4 is 0 Å². The fourth-order valence-electron chi connectivity index (χ4n) is 4.66. The standard InChI is InChI=1S/C18H29NO/c1-4-6-9-13-18(3)15-10-7-8-11-16(15)19(5-2)17(18)12-14-20/h4,7-8,14-17H,1,5-6,9-13H2,2-3H3. The van der Waals surface area contributed by atoms with Crippen molar-refractivity contribution >= 4 is 6.29 Å². The van der Waals surface area contributed by atoms with Crippen molar-refractivity contribution in [3.8, 4) is 0 Å². The van der Waals surface area contributed by atoms with Crippen molar-refractivity contribution in [3.05, 3.63) is 24.8 Å². The summed E-state index contributed by atoms with van der Waals surface area (Å²) in [5.41, 5.74) is 0.273. The highest BCUT2D eigenvalue weighted by atomic mass is 16.1. The summed E-state index contributed by atoms with van der Waals surface area (Å²) in [6, 6.07) is 1.06. The Morgan fingerprint density at radius 1 is 1.40 bits per heavy atom. The molecule has 2 nitrogen and oxygen atoms in total. The zero-order chi connectivity index (χ0) is 14.6. The van der Waals surface area contributed by atoms with Gasteiger partial charge in [-0.25, -0.2) is 0 Å². The first kappa shape index (κ1) is 15.5. The van der Waals surface area contributed by atoms with Gasteiger partial charge in [-0.3, -0.25) is 4.90 Å². The van der Waals surface area contributed by atoms with Crippen LogP contribution in [-0.4, -0.2) is 29.8 Å². The number of hydrogen-bond acceptors (Lipinski definition) is 2. The molecule has 0 saturated carbocycles. The largest absolute Gasteiger partial charge is 0.303 e. The third kappa shape index (κ3) is 2.63. The Morgan fingerprint density at radius 3 is 2.80 bits per heavy atom. The van der Waals surface area contributed by atoms with Gasteiger partial charge < -0.3 is 4.79 Å². The third-order valence-corrected chi connectivity index (χ3v) is 5.64. The Balaban J connectivity index is 2.25. The van der Waals surface area contributed by atoms with Gasteiger partial charge >= 0.3 is 0 Å². The van der Waals surface area contributed by atoms with Gasteiger partial charge in [0.25, 0.3) is 0 Å². The zero-order valence-corrected chi connectivity index (χ0v) is 13.1. The molecule has 0 N–H and O–H groups in total. The first-order valence-electron chi connectivity index (χ1n) is 8.14. The first-order valence-corrected chi connectivity index (χ1v) is 8.14. The van der Waals surface area contributed by atoms with Gasteiger partial charge in [-0.15, -0.1) is 6.58 Å². The number of carbonyl (C=O) groups excluding carboxylic acids is 1. The lowest BCUT2D eigenvalue weighted by molar-refractivity contribution is -0.109. The summed E-state index contributed by atoms with van der Waals surface area (Å²) in [7, 11) is 0. The van der Waals surface area contributed by atoms with Crippen LogP contribution >= 0.6 is 0 Å². The average molecular weight is 275 g/mol. The van der Waals surface area contributed by atoms with Crippen LogP contribution in [0.15, 0.2) is 24.8 Å². The Labute approximate surface area is 123 Å². The molecule has 112 valence electrons. The molecule has 2 heteroatoms. The van der Waals surface area contributed by atoms with Crippen molar-refractivity contribution in [1.82, 2.24) is 4.90 Å². The van der Waals surface area contributed by atoms with Crippen LogP contribution in [0.3, 0.4) is 0 Å². The number of likely N-dealkylation sites (tertiary alicyclic amines) is 1. The minimum atomic E-state index is 0.273. The zero-order valence-electron chi connectivity index (χ0n) is 13.1. The summed E-state index contributed by atoms with van der Waals surface area (Å²) < 4.78 is 0. The Hall–Kier alpha value is -0.890. The molecule has 1 aliphatic heterocycles. The molecule has 1 saturated heterocycles. The van der Waals surface area contributed by atoms with Crippen molar-refractivity contribution in [2.24, 2.45) is 11.3 Å². The molecule has 4 unspecified atom stereocenters. The quantitative estimate of drug-likeness (QED) is 0.398. The van der Waals surface area contributed by atoms with E-state index in [1.165, 1.54) is 19.3 Å². The number of unbranched alkanes of at least 4 members (excludes halogenated alkanes) is 1. The molecule has 0 radical (unpaired) electrons. The smallest absolute Gasteiger partial charge is 0.121 e. The number of fused-ring (bicyclic) bond motifs is 1. The molecule has 1 heterocycles. The highest BCUT2D eigenvalue weighted by Crippen LogP contribution is 2.53. The molecule has 0 aromatic heterocycles. The molecule has 20 heavy (non-hydrogen) atoms. The molecule has 2 rings (SSSR count). The van der Waals surface area contributed by atoms with Crippen molar-refractivity contribution in [3.63, 3.8) is 0 Å². The average Bonchev–Trinajstić information content (AvgIpc) is 2.70. The summed E-state index contributed by atoms with van der Waals surface area (Å²) in [6.07, 6.45) is 14.3. The van der Waals surface area contributed by atoms with Gasteiger partial charge in [0.05, 0.1) is 0 Å². The van der Waals surface area contributed by atoms with Crippen LogP contribution in [0.5, 0.6) is 0 Å². The van der Waals surface area contributed by atoms with E-state index in [0.717, 1.165) is 25.7 Å². The predicted molar refractivity (Wildman–Crippen MR) is 84.7 cm³/mol. The van der Waals surface area contributed by atoms with E-state index in [2.05, 4.69) is 37.5 Å². The minimum Gasteiger partial charge on any atom is -0.303 e. The van der Waals surface area contributed by atoms with Gasteiger partial charge in [0.1, 0.15) is 6.29 Å². The summed E-state index contributed by atoms with van der Waals surface area (Å²) in [6.45, 7) is 9.56. The second-order valence-electron chi connectivity index (χ2n) is 6.55. The van der Waals surface area contributed by atoms with E-state index < -0.39 is 0 Å². The molecule has 1 aliphatic carbocycles. The van der Waals surface area contributed by atoms with Gasteiger partial charge in [-0.2, -0.15) is 0 Å². The van der Waals surface area contributed by atoms with E-state index in [9.17, 15) is 4.79 Å². The number of rotatable bonds is 7. The number of carbonyl (C=O) groups is 1. The summed E-state index contributed by atoms with van der Waals surface area (Å²) in [4.78, 5) is 13.8. The van der Waals surface area contributed by atoms with E-state index in [1.54, 1.807) is 0 Å². The molecular weight excluding hydrogens is 246 g/mol. The Bertz CT molecular complexity index is 376. The van der Waals surface area contributed by atoms with Crippen LogP contribution in [0.2, 0.25) is 0 Å². The molecule has 0 aromatic carbocycles. The van der Waals surface area contributed by atoms with E-state index in [4.69, 9.17) is 0 Å². The predicted octanol–water partition coefficient (Wildman–Crippen LogP) is 3.98. The molecular formula is C18H29NO. The van der Waals surface area contributed by atoms with Gasteiger partial charge in [0, 0.05) is 18.5 Å². The molecule has 0 amide bonds. The van der Waals surface area contributed by atoms with Gasteiger partial charge in [0.2, 0.25) is 0 Å². The summed E-state index contributed by atoms with van der Waals surface area (Å²) in [5.74, 6) is 0.710. The number of nitrogens with zero attached hydrogens (tertiary/aromatic N) is 1. The summed E-state index contributed by atoms with van der Waals surface area (Å²) >= 11 is 0. The third-order valence-electron chi connectivity index (χ3n) is 5.64. The van der Waals surface area contributed by atoms with E-state index >= 15 is 0 Å². The van der Waals surface area contributed by atoms with Gasteiger partial charge in [-0.05, 0) is 50.0 Å². The topological polar surface area (TPSA) is 20.3 Å². The monoisotopic (exact) mass is 275 g/mol. The van der Waals surface area contributed by atoms with Crippen LogP contribution in [0.4, 0.5) is 0 Å². The highest BCUT2D eigenvalue weighted by molar-refractivity contribution is 5.51. The van der Waals surface area contributed by atoms with E-state index in [1.807, 2.05) is 6.08 Å². The Kier molecular flexibility index (Phi) is 5.20. The maximum Gasteiger partial charge on any atom is 0.121 e. The normalized spacial score (nSPS) is 36.8. The first-order chi connectivity index (χ1) is 9.69. The molecule has 2 aliphatic rings. The maximum atomic E-state index is 11.2. The van der Waals surface area contributed by atoms with E-state index in [-0.39, 0.29) is 5.41 Å². The fourth-order valence-corrected chi connectivity index (χ4v) is 4.66. The second kappa shape index (κ2) is 6.71. The van der Waals surface area contributed by atoms with Crippen molar-refractivity contribution < 1.29 is 4.79 Å². The molecule has 4 atom stereocenters. The van der Waals surface area contributed by atoms with Crippen LogP contribution in [-0.2, 0) is 4.79 Å². The lowest BCUT2D eigenvalue weighted by Crippen LogP contribution is -2.40. The minimum absolute atomic E-state index is 0.273. The fraction of sp³-hybridized carbons (Fsp3) is 0.722. The van der Waals surface area contributed by atoms with Crippen LogP contribution in [0.1, 0.15) is 52.4 Å². The van der Waals surface area contributed by atoms with Crippen LogP contribution in [0.25, 0.3) is 0 Å². The van der Waals surface area contributed by atoms with Crippen LogP contribution in [0, 0.1) is 11.3 Å². The van der Waals surface area contributed by atoms with E-state index in [0.29, 0.717) is 24.4 Å². The SMILES string of the molecule is C=CCCCC1(C)C2CC=CCC2N(CC)C1CC=O. The van der Waals surface area contributed by atoms with Gasteiger partial charge in [-0.1, -0.05) is 32.1 Å². The second-order valence-corrected chi connectivity index (χ2v) is 6.55. The lowest BCUT2D eigenvalue weighted by atomic mass is 9.66. The van der Waals surface area contributed by atoms with Crippen molar-refractivity contribution in [2.75, 3.05) is 6.54 Å². The van der Waals surface area contributed by atoms with Gasteiger partial charge in [0.15, 0.2) is 0 Å². The highest BCUT2D eigenvalue weighted by Gasteiger charge is 2.54. The molecule has 0 spiro atoms. The molecule has 1 fully saturated rings.